The first-order chi connectivity index (χ1) is 17.2. The third-order valence-electron chi connectivity index (χ3n) is 6.66. The van der Waals surface area contributed by atoms with Crippen LogP contribution in [0.3, 0.4) is 0 Å². The molecule has 7 nitrogen and oxygen atoms in total. The molecule has 0 unspecified atom stereocenters. The van der Waals surface area contributed by atoms with Crippen molar-refractivity contribution in [3.8, 4) is 5.75 Å². The number of hydrogen-bond donors (Lipinski definition) is 0. The highest BCUT2D eigenvalue weighted by Crippen LogP contribution is 2.37. The molecule has 0 atom stereocenters. The summed E-state index contributed by atoms with van der Waals surface area (Å²) in [5, 5.41) is 0. The lowest BCUT2D eigenvalue weighted by molar-refractivity contribution is -0.118. The summed E-state index contributed by atoms with van der Waals surface area (Å²) >= 11 is 0. The van der Waals surface area contributed by atoms with E-state index >= 15 is 0 Å². The number of nitrogens with zero attached hydrogens (tertiary/aromatic N) is 2. The molecule has 0 aromatic heterocycles. The monoisotopic (exact) mass is 492 g/mol. The first kappa shape index (κ1) is 25.7. The third kappa shape index (κ3) is 5.89. The van der Waals surface area contributed by atoms with E-state index in [1.807, 2.05) is 62.1 Å². The molecule has 2 aromatic rings. The molecule has 0 fully saturated rings. The van der Waals surface area contributed by atoms with Crippen molar-refractivity contribution in [3.05, 3.63) is 58.7 Å². The maximum Gasteiger partial charge on any atom is 0.410 e. The van der Waals surface area contributed by atoms with Crippen LogP contribution in [0, 0.1) is 0 Å². The fourth-order valence-corrected chi connectivity index (χ4v) is 4.95. The molecule has 0 saturated heterocycles. The van der Waals surface area contributed by atoms with Gasteiger partial charge in [0.1, 0.15) is 11.4 Å². The quantitative estimate of drug-likeness (QED) is 0.350. The van der Waals surface area contributed by atoms with Gasteiger partial charge in [-0.1, -0.05) is 18.2 Å². The predicted octanol–water partition coefficient (Wildman–Crippen LogP) is 5.32. The van der Waals surface area contributed by atoms with Crippen LogP contribution in [-0.2, 0) is 28.9 Å². The maximum absolute atomic E-state index is 13.0. The normalized spacial score (nSPS) is 14.4. The second kappa shape index (κ2) is 10.7. The molecule has 0 aliphatic carbocycles. The zero-order chi connectivity index (χ0) is 25.9. The van der Waals surface area contributed by atoms with Gasteiger partial charge in [0.15, 0.2) is 5.78 Å². The predicted molar refractivity (Wildman–Crippen MR) is 139 cm³/mol. The first-order valence-electron chi connectivity index (χ1n) is 12.8. The Morgan fingerprint density at radius 1 is 1.03 bits per heavy atom. The van der Waals surface area contributed by atoms with Gasteiger partial charge < -0.3 is 19.3 Å². The Morgan fingerprint density at radius 3 is 2.47 bits per heavy atom. The van der Waals surface area contributed by atoms with E-state index in [2.05, 4.69) is 0 Å². The number of Topliss-reactive ketones (excluding diaryl/α,β-unsaturated/α-hetero) is 1. The lowest BCUT2D eigenvalue weighted by Crippen LogP contribution is -2.37. The molecule has 2 amide bonds. The van der Waals surface area contributed by atoms with E-state index in [1.165, 1.54) is 0 Å². The summed E-state index contributed by atoms with van der Waals surface area (Å²) in [6.07, 6.45) is 3.40. The highest BCUT2D eigenvalue weighted by Gasteiger charge is 2.32. The highest BCUT2D eigenvalue weighted by molar-refractivity contribution is 6.02. The summed E-state index contributed by atoms with van der Waals surface area (Å²) in [6, 6.07) is 11.6. The van der Waals surface area contributed by atoms with Crippen LogP contribution in [0.1, 0.15) is 73.5 Å². The van der Waals surface area contributed by atoms with Crippen LogP contribution in [0.2, 0.25) is 0 Å². The van der Waals surface area contributed by atoms with Crippen molar-refractivity contribution >= 4 is 23.5 Å². The van der Waals surface area contributed by atoms with E-state index in [4.69, 9.17) is 9.47 Å². The maximum atomic E-state index is 13.0. The molecule has 0 spiro atoms. The molecule has 0 saturated carbocycles. The molecule has 0 bridgehead atoms. The average molecular weight is 493 g/mol. The Labute approximate surface area is 213 Å². The number of amides is 2. The van der Waals surface area contributed by atoms with Crippen LogP contribution in [0.25, 0.3) is 0 Å². The lowest BCUT2D eigenvalue weighted by Gasteiger charge is -2.28. The van der Waals surface area contributed by atoms with Gasteiger partial charge in [-0.05, 0) is 75.8 Å². The largest absolute Gasteiger partial charge is 0.496 e. The molecule has 2 aromatic carbocycles. The van der Waals surface area contributed by atoms with Gasteiger partial charge in [-0.3, -0.25) is 9.59 Å². The fourth-order valence-electron chi connectivity index (χ4n) is 4.95. The van der Waals surface area contributed by atoms with Crippen molar-refractivity contribution < 1.29 is 23.9 Å². The summed E-state index contributed by atoms with van der Waals surface area (Å²) in [4.78, 5) is 41.6. The van der Waals surface area contributed by atoms with Crippen LogP contribution in [0.4, 0.5) is 10.5 Å². The molecule has 2 aliphatic rings. The van der Waals surface area contributed by atoms with Crippen LogP contribution in [0.5, 0.6) is 5.75 Å². The summed E-state index contributed by atoms with van der Waals surface area (Å²) in [5.74, 6) is 1.02. The number of aryl methyl sites for hydroxylation is 1. The molecule has 0 radical (unpaired) electrons. The van der Waals surface area contributed by atoms with Crippen molar-refractivity contribution in [2.45, 2.75) is 71.4 Å². The number of carbonyl (C=O) groups excluding carboxylic acids is 3. The number of anilines is 1. The third-order valence-corrected chi connectivity index (χ3v) is 6.66. The Kier molecular flexibility index (Phi) is 7.67. The van der Waals surface area contributed by atoms with E-state index in [0.29, 0.717) is 51.7 Å². The summed E-state index contributed by atoms with van der Waals surface area (Å²) < 4.78 is 11.1. The van der Waals surface area contributed by atoms with Crippen molar-refractivity contribution in [2.75, 3.05) is 25.1 Å². The van der Waals surface area contributed by atoms with Crippen molar-refractivity contribution in [2.24, 2.45) is 0 Å². The van der Waals surface area contributed by atoms with Crippen molar-refractivity contribution in [1.29, 1.82) is 0 Å². The molecule has 192 valence electrons. The fraction of sp³-hybridized carbons (Fsp3) is 0.483. The molecule has 7 heteroatoms. The van der Waals surface area contributed by atoms with Crippen LogP contribution >= 0.6 is 0 Å². The molecule has 4 rings (SSSR count). The smallest absolute Gasteiger partial charge is 0.410 e. The zero-order valence-corrected chi connectivity index (χ0v) is 21.8. The minimum absolute atomic E-state index is 0.109. The zero-order valence-electron chi connectivity index (χ0n) is 21.8. The van der Waals surface area contributed by atoms with Gasteiger partial charge in [-0.25, -0.2) is 4.79 Å². The molecule has 2 heterocycles. The standard InChI is InChI=1S/C29H36N2O5/c1-29(2,3)36-28(34)30(19-22-9-5-6-11-25(22)35-4)15-8-7-10-24(32)23-17-20-12-13-26(33)31-16-14-21(18-23)27(20)31/h5-6,9,11,17-18H,7-8,10,12-16,19H2,1-4H3. The number of methoxy groups -OCH3 is 1. The number of hydrogen-bond acceptors (Lipinski definition) is 5. The van der Waals surface area contributed by atoms with Gasteiger partial charge in [-0.15, -0.1) is 0 Å². The minimum atomic E-state index is -0.597. The van der Waals surface area contributed by atoms with Gasteiger partial charge in [0.05, 0.1) is 19.3 Å². The lowest BCUT2D eigenvalue weighted by atomic mass is 9.94. The Hall–Kier alpha value is -3.35. The molecule has 0 N–H and O–H groups in total. The Morgan fingerprint density at radius 2 is 1.75 bits per heavy atom. The van der Waals surface area contributed by atoms with Gasteiger partial charge in [0.2, 0.25) is 5.91 Å². The second-order valence-corrected chi connectivity index (χ2v) is 10.5. The Bertz CT molecular complexity index is 1150. The van der Waals surface area contributed by atoms with Gasteiger partial charge in [-0.2, -0.15) is 0 Å². The minimum Gasteiger partial charge on any atom is -0.496 e. The van der Waals surface area contributed by atoms with Crippen LogP contribution in [0.15, 0.2) is 36.4 Å². The van der Waals surface area contributed by atoms with Gasteiger partial charge >= 0.3 is 6.09 Å². The summed E-state index contributed by atoms with van der Waals surface area (Å²) in [7, 11) is 1.62. The van der Waals surface area contributed by atoms with Crippen molar-refractivity contribution in [1.82, 2.24) is 4.90 Å². The molecular formula is C29H36N2O5. The molecule has 36 heavy (non-hydrogen) atoms. The Balaban J connectivity index is 1.37. The molecular weight excluding hydrogens is 456 g/mol. The number of ketones is 1. The van der Waals surface area contributed by atoms with Crippen LogP contribution < -0.4 is 9.64 Å². The van der Waals surface area contributed by atoms with E-state index in [0.717, 1.165) is 40.1 Å². The van der Waals surface area contributed by atoms with Gasteiger partial charge in [0.25, 0.3) is 0 Å². The topological polar surface area (TPSA) is 76.2 Å². The SMILES string of the molecule is COc1ccccc1CN(CCCCC(=O)c1cc2c3c(c1)CCN3C(=O)CC2)C(=O)OC(C)(C)C. The number of rotatable bonds is 9. The van der Waals surface area contributed by atoms with Crippen LogP contribution in [-0.4, -0.2) is 48.5 Å². The van der Waals surface area contributed by atoms with Gasteiger partial charge in [0, 0.05) is 37.1 Å². The molecule has 2 aliphatic heterocycles. The summed E-state index contributed by atoms with van der Waals surface area (Å²) in [5.41, 5.74) is 4.30. The van der Waals surface area contributed by atoms with Crippen molar-refractivity contribution in [3.63, 3.8) is 0 Å². The highest BCUT2D eigenvalue weighted by atomic mass is 16.6. The van der Waals surface area contributed by atoms with E-state index < -0.39 is 5.60 Å². The van der Waals surface area contributed by atoms with E-state index in [9.17, 15) is 14.4 Å². The number of carbonyl (C=O) groups is 3. The number of unbranched alkanes of at least 4 members (excludes halogenated alkanes) is 1. The average Bonchev–Trinajstić information content (AvgIpc) is 3.27. The second-order valence-electron chi connectivity index (χ2n) is 10.5. The summed E-state index contributed by atoms with van der Waals surface area (Å²) in [6.45, 7) is 7.12. The number of ether oxygens (including phenoxy) is 2. The number of para-hydroxylation sites is 1. The van der Waals surface area contributed by atoms with E-state index in [-0.39, 0.29) is 17.8 Å². The number of benzene rings is 2. The first-order valence-corrected chi connectivity index (χ1v) is 12.8. The van der Waals surface area contributed by atoms with E-state index in [1.54, 1.807) is 12.0 Å².